The largest absolute Gasteiger partial charge is 0.393 e. The van der Waals surface area contributed by atoms with Crippen molar-refractivity contribution in [1.82, 2.24) is 15.1 Å². The predicted octanol–water partition coefficient (Wildman–Crippen LogP) is 1.55. The Bertz CT molecular complexity index is 376. The summed E-state index contributed by atoms with van der Waals surface area (Å²) in [6, 6.07) is -0.129. The van der Waals surface area contributed by atoms with E-state index >= 15 is 0 Å². The summed E-state index contributed by atoms with van der Waals surface area (Å²) in [7, 11) is 0. The van der Waals surface area contributed by atoms with E-state index in [1.165, 1.54) is 11.3 Å². The highest BCUT2D eigenvalue weighted by Gasteiger charge is 2.26. The van der Waals surface area contributed by atoms with Crippen LogP contribution in [0.4, 0.5) is 9.93 Å². The number of likely N-dealkylation sites (tertiary alicyclic amines) is 1. The number of carbonyl (C=O) groups excluding carboxylic acids is 1. The van der Waals surface area contributed by atoms with Gasteiger partial charge in [-0.2, -0.15) is 0 Å². The molecule has 1 aliphatic rings. The molecule has 2 heterocycles. The number of anilines is 1. The molecule has 7 heteroatoms. The quantitative estimate of drug-likeness (QED) is 0.873. The van der Waals surface area contributed by atoms with Gasteiger partial charge < -0.3 is 10.0 Å². The normalized spacial score (nSPS) is 18.7. The van der Waals surface area contributed by atoms with Gasteiger partial charge in [-0.25, -0.2) is 4.79 Å². The van der Waals surface area contributed by atoms with Crippen molar-refractivity contribution in [2.45, 2.75) is 32.3 Å². The lowest BCUT2D eigenvalue weighted by atomic mass is 9.90. The Hall–Kier alpha value is -1.21. The van der Waals surface area contributed by atoms with Crippen molar-refractivity contribution in [3.8, 4) is 0 Å². The molecule has 18 heavy (non-hydrogen) atoms. The first-order chi connectivity index (χ1) is 8.70. The van der Waals surface area contributed by atoms with Crippen LogP contribution in [0, 0.1) is 5.92 Å². The minimum Gasteiger partial charge on any atom is -0.393 e. The maximum absolute atomic E-state index is 11.9. The number of aromatic nitrogens is 2. The maximum atomic E-state index is 11.9. The highest BCUT2D eigenvalue weighted by molar-refractivity contribution is 7.13. The maximum Gasteiger partial charge on any atom is 0.323 e. The van der Waals surface area contributed by atoms with Gasteiger partial charge in [0.2, 0.25) is 5.13 Å². The number of aliphatic hydroxyl groups is 1. The van der Waals surface area contributed by atoms with Crippen LogP contribution in [0.1, 0.15) is 26.2 Å². The first-order valence-electron chi connectivity index (χ1n) is 6.21. The number of hydrogen-bond acceptors (Lipinski definition) is 5. The molecule has 2 N–H and O–H groups in total. The zero-order valence-electron chi connectivity index (χ0n) is 10.4. The molecule has 1 aromatic rings. The number of hydrogen-bond donors (Lipinski definition) is 2. The summed E-state index contributed by atoms with van der Waals surface area (Å²) < 4.78 is 0. The highest BCUT2D eigenvalue weighted by Crippen LogP contribution is 2.22. The van der Waals surface area contributed by atoms with E-state index in [0.717, 1.165) is 19.3 Å². The molecule has 0 spiro atoms. The molecule has 0 saturated carbocycles. The number of piperidine rings is 1. The van der Waals surface area contributed by atoms with Crippen LogP contribution in [-0.2, 0) is 0 Å². The molecule has 0 unspecified atom stereocenters. The Morgan fingerprint density at radius 3 is 2.94 bits per heavy atom. The fourth-order valence-electron chi connectivity index (χ4n) is 2.22. The number of nitrogens with one attached hydrogen (secondary N) is 1. The lowest BCUT2D eigenvalue weighted by Gasteiger charge is -2.33. The fraction of sp³-hybridized carbons (Fsp3) is 0.727. The molecule has 1 aliphatic heterocycles. The third-order valence-electron chi connectivity index (χ3n) is 3.36. The Morgan fingerprint density at radius 2 is 2.39 bits per heavy atom. The summed E-state index contributed by atoms with van der Waals surface area (Å²) in [5.74, 6) is 0.320. The Morgan fingerprint density at radius 1 is 1.67 bits per heavy atom. The summed E-state index contributed by atoms with van der Waals surface area (Å²) in [6.45, 7) is 3.36. The highest BCUT2D eigenvalue weighted by atomic mass is 32.1. The summed E-state index contributed by atoms with van der Waals surface area (Å²) in [6.07, 6.45) is 2.26. The van der Waals surface area contributed by atoms with E-state index in [4.69, 9.17) is 0 Å². The zero-order valence-corrected chi connectivity index (χ0v) is 11.2. The molecule has 1 atom stereocenters. The second-order valence-electron chi connectivity index (χ2n) is 4.47. The SMILES string of the molecule is CC[C@@H](O)C1CCN(C(=O)Nc2nncs2)CC1. The van der Waals surface area contributed by atoms with Crippen molar-refractivity contribution in [1.29, 1.82) is 0 Å². The number of amides is 2. The van der Waals surface area contributed by atoms with Crippen LogP contribution in [0.25, 0.3) is 0 Å². The van der Waals surface area contributed by atoms with Crippen LogP contribution in [0.5, 0.6) is 0 Å². The van der Waals surface area contributed by atoms with Crippen LogP contribution in [0.3, 0.4) is 0 Å². The number of rotatable bonds is 3. The predicted molar refractivity (Wildman–Crippen MR) is 69.5 cm³/mol. The molecule has 1 aromatic heterocycles. The molecule has 100 valence electrons. The van der Waals surface area contributed by atoms with Crippen molar-refractivity contribution in [3.05, 3.63) is 5.51 Å². The van der Waals surface area contributed by atoms with Crippen LogP contribution in [0.2, 0.25) is 0 Å². The van der Waals surface area contributed by atoms with Gasteiger partial charge in [0.15, 0.2) is 0 Å². The number of carbonyl (C=O) groups is 1. The van der Waals surface area contributed by atoms with E-state index in [2.05, 4.69) is 15.5 Å². The first-order valence-corrected chi connectivity index (χ1v) is 7.08. The molecule has 1 saturated heterocycles. The van der Waals surface area contributed by atoms with E-state index < -0.39 is 0 Å². The third kappa shape index (κ3) is 3.17. The molecule has 0 radical (unpaired) electrons. The minimum absolute atomic E-state index is 0.129. The van der Waals surface area contributed by atoms with Crippen molar-refractivity contribution in [3.63, 3.8) is 0 Å². The van der Waals surface area contributed by atoms with Crippen molar-refractivity contribution in [2.75, 3.05) is 18.4 Å². The Balaban J connectivity index is 1.80. The second-order valence-corrected chi connectivity index (χ2v) is 5.31. The van der Waals surface area contributed by atoms with Crippen LogP contribution >= 0.6 is 11.3 Å². The lowest BCUT2D eigenvalue weighted by Crippen LogP contribution is -2.43. The summed E-state index contributed by atoms with van der Waals surface area (Å²) >= 11 is 1.30. The standard InChI is InChI=1S/C11H18N4O2S/c1-2-9(16)8-3-5-15(6-4-8)11(17)13-10-14-12-7-18-10/h7-9,16H,2-6H2,1H3,(H,13,14,17)/t9-/m1/s1. The third-order valence-corrected chi connectivity index (χ3v) is 3.97. The first kappa shape index (κ1) is 13.2. The molecule has 0 aliphatic carbocycles. The zero-order chi connectivity index (χ0) is 13.0. The monoisotopic (exact) mass is 270 g/mol. The van der Waals surface area contributed by atoms with Gasteiger partial charge in [0.05, 0.1) is 6.10 Å². The molecular formula is C11H18N4O2S. The van der Waals surface area contributed by atoms with E-state index in [0.29, 0.717) is 24.1 Å². The molecule has 6 nitrogen and oxygen atoms in total. The molecule has 0 aromatic carbocycles. The number of nitrogens with zero attached hydrogens (tertiary/aromatic N) is 3. The summed E-state index contributed by atoms with van der Waals surface area (Å²) in [5.41, 5.74) is 1.58. The number of aliphatic hydroxyl groups excluding tert-OH is 1. The molecule has 0 bridgehead atoms. The van der Waals surface area contributed by atoms with E-state index in [9.17, 15) is 9.90 Å². The molecule has 2 rings (SSSR count). The van der Waals surface area contributed by atoms with Gasteiger partial charge in [0.1, 0.15) is 5.51 Å². The van der Waals surface area contributed by atoms with Crippen LogP contribution < -0.4 is 5.32 Å². The fourth-order valence-corrected chi connectivity index (χ4v) is 2.65. The van der Waals surface area contributed by atoms with Crippen LogP contribution in [0.15, 0.2) is 5.51 Å². The Labute approximate surface area is 110 Å². The lowest BCUT2D eigenvalue weighted by molar-refractivity contribution is 0.0660. The summed E-state index contributed by atoms with van der Waals surface area (Å²) in [5, 5.41) is 20.5. The van der Waals surface area contributed by atoms with Gasteiger partial charge in [-0.05, 0) is 25.2 Å². The van der Waals surface area contributed by atoms with E-state index in [-0.39, 0.29) is 12.1 Å². The number of urea groups is 1. The van der Waals surface area contributed by atoms with Crippen LogP contribution in [-0.4, -0.2) is 45.4 Å². The van der Waals surface area contributed by atoms with Gasteiger partial charge in [0, 0.05) is 13.1 Å². The average Bonchev–Trinajstić information content (AvgIpc) is 2.91. The van der Waals surface area contributed by atoms with Gasteiger partial charge in [-0.1, -0.05) is 18.3 Å². The van der Waals surface area contributed by atoms with Gasteiger partial charge in [0.25, 0.3) is 0 Å². The van der Waals surface area contributed by atoms with Gasteiger partial charge >= 0.3 is 6.03 Å². The van der Waals surface area contributed by atoms with Crippen molar-refractivity contribution >= 4 is 22.5 Å². The summed E-state index contributed by atoms with van der Waals surface area (Å²) in [4.78, 5) is 13.7. The van der Waals surface area contributed by atoms with E-state index in [1.54, 1.807) is 10.4 Å². The minimum atomic E-state index is -0.238. The second kappa shape index (κ2) is 6.10. The smallest absolute Gasteiger partial charge is 0.323 e. The topological polar surface area (TPSA) is 78.4 Å². The molecular weight excluding hydrogens is 252 g/mol. The van der Waals surface area contributed by atoms with E-state index in [1.807, 2.05) is 6.92 Å². The Kier molecular flexibility index (Phi) is 4.48. The van der Waals surface area contributed by atoms with Crippen molar-refractivity contribution < 1.29 is 9.90 Å². The molecule has 1 fully saturated rings. The van der Waals surface area contributed by atoms with Gasteiger partial charge in [-0.15, -0.1) is 10.2 Å². The molecule has 2 amide bonds. The van der Waals surface area contributed by atoms with Crippen molar-refractivity contribution in [2.24, 2.45) is 5.92 Å². The average molecular weight is 270 g/mol. The van der Waals surface area contributed by atoms with Gasteiger partial charge in [-0.3, -0.25) is 5.32 Å².